The van der Waals surface area contributed by atoms with Crippen LogP contribution in [0.15, 0.2) is 24.3 Å². The molecule has 1 aromatic carbocycles. The molecule has 0 heterocycles. The van der Waals surface area contributed by atoms with Crippen molar-refractivity contribution in [3.63, 3.8) is 0 Å². The van der Waals surface area contributed by atoms with Crippen molar-refractivity contribution >= 4 is 0 Å². The molecule has 2 heteroatoms. The molecular formula is C15H24N2. The highest BCUT2D eigenvalue weighted by Gasteiger charge is 2.28. The predicted octanol–water partition coefficient (Wildman–Crippen LogP) is 2.73. The molecule has 0 radical (unpaired) electrons. The maximum absolute atomic E-state index is 6.19. The normalized spacial score (nSPS) is 19.4. The van der Waals surface area contributed by atoms with Crippen molar-refractivity contribution in [3.05, 3.63) is 35.4 Å². The summed E-state index contributed by atoms with van der Waals surface area (Å²) < 4.78 is 0. The summed E-state index contributed by atoms with van der Waals surface area (Å²) in [5.74, 6) is 0.908. The Labute approximate surface area is 105 Å². The number of aryl methyl sites for hydroxylation is 1. The SMILES string of the molecule is Cc1ccccc1C(C(C)N)N(C)CC1CC1. The van der Waals surface area contributed by atoms with Crippen LogP contribution in [0.4, 0.5) is 0 Å². The molecule has 1 aliphatic rings. The summed E-state index contributed by atoms with van der Waals surface area (Å²) >= 11 is 0. The lowest BCUT2D eigenvalue weighted by atomic mass is 9.95. The van der Waals surface area contributed by atoms with Gasteiger partial charge in [0, 0.05) is 18.6 Å². The molecule has 2 rings (SSSR count). The summed E-state index contributed by atoms with van der Waals surface area (Å²) in [6, 6.07) is 9.11. The lowest BCUT2D eigenvalue weighted by molar-refractivity contribution is 0.210. The Hall–Kier alpha value is -0.860. The first-order chi connectivity index (χ1) is 8.09. The van der Waals surface area contributed by atoms with Crippen LogP contribution in [0.2, 0.25) is 0 Å². The largest absolute Gasteiger partial charge is 0.326 e. The second-order valence-electron chi connectivity index (χ2n) is 5.54. The van der Waals surface area contributed by atoms with E-state index in [9.17, 15) is 0 Å². The molecule has 0 saturated heterocycles. The Balaban J connectivity index is 2.18. The molecule has 1 aromatic rings. The van der Waals surface area contributed by atoms with Crippen LogP contribution in [0, 0.1) is 12.8 Å². The van der Waals surface area contributed by atoms with E-state index in [2.05, 4.69) is 50.1 Å². The van der Waals surface area contributed by atoms with Gasteiger partial charge in [0.2, 0.25) is 0 Å². The van der Waals surface area contributed by atoms with Crippen LogP contribution < -0.4 is 5.73 Å². The van der Waals surface area contributed by atoms with E-state index in [1.165, 1.54) is 30.5 Å². The molecule has 1 fully saturated rings. The number of benzene rings is 1. The maximum atomic E-state index is 6.19. The zero-order valence-electron chi connectivity index (χ0n) is 11.2. The molecule has 1 saturated carbocycles. The fourth-order valence-electron chi connectivity index (χ4n) is 2.66. The molecule has 0 bridgehead atoms. The fraction of sp³-hybridized carbons (Fsp3) is 0.600. The number of rotatable bonds is 5. The van der Waals surface area contributed by atoms with E-state index in [-0.39, 0.29) is 6.04 Å². The molecule has 2 atom stereocenters. The van der Waals surface area contributed by atoms with Gasteiger partial charge in [0.15, 0.2) is 0 Å². The third-order valence-electron chi connectivity index (χ3n) is 3.72. The minimum absolute atomic E-state index is 0.167. The number of nitrogens with two attached hydrogens (primary N) is 1. The van der Waals surface area contributed by atoms with Crippen LogP contribution in [0.1, 0.15) is 36.9 Å². The van der Waals surface area contributed by atoms with Crippen molar-refractivity contribution < 1.29 is 0 Å². The van der Waals surface area contributed by atoms with Gasteiger partial charge in [0.05, 0.1) is 0 Å². The van der Waals surface area contributed by atoms with Gasteiger partial charge in [-0.15, -0.1) is 0 Å². The van der Waals surface area contributed by atoms with Gasteiger partial charge in [-0.3, -0.25) is 4.90 Å². The summed E-state index contributed by atoms with van der Waals surface area (Å²) in [7, 11) is 2.21. The Bertz CT molecular complexity index is 369. The van der Waals surface area contributed by atoms with Gasteiger partial charge in [-0.05, 0) is 50.8 Å². The van der Waals surface area contributed by atoms with Crippen LogP contribution in [-0.2, 0) is 0 Å². The standard InChI is InChI=1S/C15H24N2/c1-11-6-4-5-7-14(11)15(12(2)16)17(3)10-13-8-9-13/h4-7,12-13,15H,8-10,16H2,1-3H3. The van der Waals surface area contributed by atoms with Gasteiger partial charge in [-0.25, -0.2) is 0 Å². The number of nitrogens with zero attached hydrogens (tertiary/aromatic N) is 1. The van der Waals surface area contributed by atoms with Gasteiger partial charge in [0.25, 0.3) is 0 Å². The Morgan fingerprint density at radius 3 is 2.53 bits per heavy atom. The minimum atomic E-state index is 0.167. The van der Waals surface area contributed by atoms with Gasteiger partial charge in [-0.1, -0.05) is 24.3 Å². The summed E-state index contributed by atoms with van der Waals surface area (Å²) in [5.41, 5.74) is 8.92. The van der Waals surface area contributed by atoms with E-state index in [0.717, 1.165) is 5.92 Å². The van der Waals surface area contributed by atoms with Crippen molar-refractivity contribution in [3.8, 4) is 0 Å². The molecule has 2 N–H and O–H groups in total. The molecule has 2 unspecified atom stereocenters. The summed E-state index contributed by atoms with van der Waals surface area (Å²) in [6.07, 6.45) is 2.79. The van der Waals surface area contributed by atoms with Crippen molar-refractivity contribution in [2.45, 2.75) is 38.8 Å². The topological polar surface area (TPSA) is 29.3 Å². The second-order valence-corrected chi connectivity index (χ2v) is 5.54. The lowest BCUT2D eigenvalue weighted by Crippen LogP contribution is -2.38. The van der Waals surface area contributed by atoms with E-state index in [1.807, 2.05) is 0 Å². The Morgan fingerprint density at radius 1 is 1.35 bits per heavy atom. The fourth-order valence-corrected chi connectivity index (χ4v) is 2.66. The van der Waals surface area contributed by atoms with Crippen molar-refractivity contribution in [1.29, 1.82) is 0 Å². The van der Waals surface area contributed by atoms with Crippen LogP contribution in [-0.4, -0.2) is 24.5 Å². The van der Waals surface area contributed by atoms with Crippen molar-refractivity contribution in [1.82, 2.24) is 4.90 Å². The van der Waals surface area contributed by atoms with E-state index in [1.54, 1.807) is 0 Å². The summed E-state index contributed by atoms with van der Waals surface area (Å²) in [6.45, 7) is 5.47. The van der Waals surface area contributed by atoms with E-state index in [4.69, 9.17) is 5.73 Å². The summed E-state index contributed by atoms with van der Waals surface area (Å²) in [4.78, 5) is 2.44. The number of hydrogen-bond donors (Lipinski definition) is 1. The first-order valence-corrected chi connectivity index (χ1v) is 6.61. The van der Waals surface area contributed by atoms with Crippen LogP contribution >= 0.6 is 0 Å². The summed E-state index contributed by atoms with van der Waals surface area (Å²) in [5, 5.41) is 0. The highest BCUT2D eigenvalue weighted by Crippen LogP contribution is 2.33. The lowest BCUT2D eigenvalue weighted by Gasteiger charge is -2.32. The van der Waals surface area contributed by atoms with Gasteiger partial charge in [-0.2, -0.15) is 0 Å². The van der Waals surface area contributed by atoms with Crippen LogP contribution in [0.25, 0.3) is 0 Å². The molecule has 0 amide bonds. The quantitative estimate of drug-likeness (QED) is 0.846. The molecule has 0 aromatic heterocycles. The number of hydrogen-bond acceptors (Lipinski definition) is 2. The molecule has 1 aliphatic carbocycles. The van der Waals surface area contributed by atoms with Gasteiger partial charge < -0.3 is 5.73 Å². The van der Waals surface area contributed by atoms with Crippen molar-refractivity contribution in [2.24, 2.45) is 11.7 Å². The third kappa shape index (κ3) is 3.08. The average Bonchev–Trinajstić information content (AvgIpc) is 3.04. The molecule has 94 valence electrons. The molecule has 17 heavy (non-hydrogen) atoms. The van der Waals surface area contributed by atoms with Crippen LogP contribution in [0.5, 0.6) is 0 Å². The Kier molecular flexibility index (Phi) is 3.85. The average molecular weight is 232 g/mol. The zero-order valence-corrected chi connectivity index (χ0v) is 11.2. The molecular weight excluding hydrogens is 208 g/mol. The van der Waals surface area contributed by atoms with Gasteiger partial charge in [0.1, 0.15) is 0 Å². The van der Waals surface area contributed by atoms with E-state index in [0.29, 0.717) is 6.04 Å². The highest BCUT2D eigenvalue weighted by molar-refractivity contribution is 5.29. The Morgan fingerprint density at radius 2 is 2.00 bits per heavy atom. The van der Waals surface area contributed by atoms with Crippen LogP contribution in [0.3, 0.4) is 0 Å². The maximum Gasteiger partial charge on any atom is 0.0496 e. The first-order valence-electron chi connectivity index (χ1n) is 6.61. The van der Waals surface area contributed by atoms with Gasteiger partial charge >= 0.3 is 0 Å². The molecule has 2 nitrogen and oxygen atoms in total. The monoisotopic (exact) mass is 232 g/mol. The van der Waals surface area contributed by atoms with E-state index >= 15 is 0 Å². The predicted molar refractivity (Wildman–Crippen MR) is 72.9 cm³/mol. The van der Waals surface area contributed by atoms with E-state index < -0.39 is 0 Å². The molecule has 0 spiro atoms. The molecule has 0 aliphatic heterocycles. The van der Waals surface area contributed by atoms with Crippen molar-refractivity contribution in [2.75, 3.05) is 13.6 Å². The number of likely N-dealkylation sites (N-methyl/N-ethyl adjacent to an activating group) is 1. The zero-order chi connectivity index (χ0) is 12.4. The smallest absolute Gasteiger partial charge is 0.0496 e. The first kappa shape index (κ1) is 12.6. The third-order valence-corrected chi connectivity index (χ3v) is 3.72. The highest BCUT2D eigenvalue weighted by atomic mass is 15.1. The minimum Gasteiger partial charge on any atom is -0.326 e. The second kappa shape index (κ2) is 5.19.